The van der Waals surface area contributed by atoms with Crippen LogP contribution in [0.4, 0.5) is 0 Å². The van der Waals surface area contributed by atoms with Crippen molar-refractivity contribution in [1.29, 1.82) is 0 Å². The zero-order valence-electron chi connectivity index (χ0n) is 22.7. The summed E-state index contributed by atoms with van der Waals surface area (Å²) < 4.78 is 0. The van der Waals surface area contributed by atoms with Crippen molar-refractivity contribution in [3.63, 3.8) is 0 Å². The van der Waals surface area contributed by atoms with Gasteiger partial charge in [-0.1, -0.05) is 46.8 Å². The summed E-state index contributed by atoms with van der Waals surface area (Å²) in [4.78, 5) is 0. The first-order valence-corrected chi connectivity index (χ1v) is 13.8. The van der Waals surface area contributed by atoms with Crippen molar-refractivity contribution in [1.82, 2.24) is 0 Å². The van der Waals surface area contributed by atoms with Gasteiger partial charge in [-0.15, -0.1) is 0 Å². The molecule has 3 N–H and O–H groups in total. The van der Waals surface area contributed by atoms with E-state index in [1.165, 1.54) is 32.1 Å². The van der Waals surface area contributed by atoms with Gasteiger partial charge in [0.1, 0.15) is 0 Å². The van der Waals surface area contributed by atoms with Crippen LogP contribution in [0.3, 0.4) is 0 Å². The Morgan fingerprint density at radius 3 is 2.06 bits per heavy atom. The molecule has 0 amide bonds. The SMILES string of the molecule is CC(C)(O)/C=C/C[C@](C)(O)[C@H]1CC[C@]2(C)[C@@H]1CC[C@H]1[C@@]3(C)CC[C@H](O)C(C)(C)[C@@H]3CC[C@]12C. The molecule has 3 heteroatoms. The average molecular weight is 461 g/mol. The molecule has 0 saturated heterocycles. The molecule has 4 saturated carbocycles. The fourth-order valence-electron chi connectivity index (χ4n) is 10.2. The van der Waals surface area contributed by atoms with Gasteiger partial charge in [-0.25, -0.2) is 0 Å². The number of rotatable bonds is 4. The predicted molar refractivity (Wildman–Crippen MR) is 136 cm³/mol. The van der Waals surface area contributed by atoms with Crippen molar-refractivity contribution < 1.29 is 15.3 Å². The van der Waals surface area contributed by atoms with Crippen LogP contribution in [0.2, 0.25) is 0 Å². The number of hydrogen-bond donors (Lipinski definition) is 3. The Labute approximate surface area is 203 Å². The van der Waals surface area contributed by atoms with E-state index in [9.17, 15) is 15.3 Å². The molecule has 0 aromatic heterocycles. The normalized spacial score (nSPS) is 49.2. The Morgan fingerprint density at radius 1 is 0.788 bits per heavy atom. The van der Waals surface area contributed by atoms with E-state index in [1.54, 1.807) is 13.8 Å². The van der Waals surface area contributed by atoms with Crippen molar-refractivity contribution in [2.75, 3.05) is 0 Å². The van der Waals surface area contributed by atoms with Crippen LogP contribution in [0, 0.1) is 45.3 Å². The molecule has 4 fully saturated rings. The minimum absolute atomic E-state index is 0.000777. The summed E-state index contributed by atoms with van der Waals surface area (Å²) in [6.45, 7) is 18.0. The lowest BCUT2D eigenvalue weighted by Gasteiger charge is -2.70. The van der Waals surface area contributed by atoms with E-state index in [0.717, 1.165) is 19.3 Å². The molecule has 0 aromatic carbocycles. The number of hydrogen-bond acceptors (Lipinski definition) is 3. The molecule has 0 aliphatic heterocycles. The van der Waals surface area contributed by atoms with Gasteiger partial charge < -0.3 is 15.3 Å². The summed E-state index contributed by atoms with van der Waals surface area (Å²) in [6.07, 6.45) is 13.7. The Morgan fingerprint density at radius 2 is 1.42 bits per heavy atom. The average Bonchev–Trinajstić information content (AvgIpc) is 3.03. The van der Waals surface area contributed by atoms with Crippen LogP contribution in [-0.2, 0) is 0 Å². The minimum Gasteiger partial charge on any atom is -0.393 e. The quantitative estimate of drug-likeness (QED) is 0.420. The van der Waals surface area contributed by atoms with Gasteiger partial charge in [0.05, 0.1) is 17.3 Å². The minimum atomic E-state index is -0.832. The lowest BCUT2D eigenvalue weighted by atomic mass is 9.35. The smallest absolute Gasteiger partial charge is 0.0771 e. The van der Waals surface area contributed by atoms with Gasteiger partial charge in [0, 0.05) is 0 Å². The molecule has 190 valence electrons. The van der Waals surface area contributed by atoms with Gasteiger partial charge in [-0.05, 0) is 124 Å². The van der Waals surface area contributed by atoms with Gasteiger partial charge in [0.25, 0.3) is 0 Å². The second-order valence-electron chi connectivity index (χ2n) is 14.8. The summed E-state index contributed by atoms with van der Waals surface area (Å²) in [6, 6.07) is 0. The first-order valence-electron chi connectivity index (χ1n) is 13.8. The molecular formula is C30H52O3. The molecule has 33 heavy (non-hydrogen) atoms. The van der Waals surface area contributed by atoms with E-state index < -0.39 is 11.2 Å². The maximum atomic E-state index is 11.6. The maximum Gasteiger partial charge on any atom is 0.0771 e. The third-order valence-electron chi connectivity index (χ3n) is 12.2. The second-order valence-corrected chi connectivity index (χ2v) is 14.8. The third kappa shape index (κ3) is 3.78. The molecule has 0 aromatic rings. The molecule has 4 aliphatic carbocycles. The van der Waals surface area contributed by atoms with Crippen molar-refractivity contribution in [3.05, 3.63) is 12.2 Å². The lowest BCUT2D eigenvalue weighted by Crippen LogP contribution is -2.64. The third-order valence-corrected chi connectivity index (χ3v) is 12.2. The lowest BCUT2D eigenvalue weighted by molar-refractivity contribution is -0.224. The standard InChI is InChI=1S/C30H52O3/c1-25(2,32)15-9-16-30(8,33)21-12-18-28(6)20(21)10-11-23-27(5)17-14-24(31)26(3,4)22(27)13-19-29(23,28)7/h9,15,20-24,31-33H,10-14,16-19H2,1-8H3/b15-9+/t20-,21+,22+,23+,24+,27+,28-,29-,30+/m1/s1. The highest BCUT2D eigenvalue weighted by atomic mass is 16.3. The van der Waals surface area contributed by atoms with E-state index in [0.29, 0.717) is 40.9 Å². The number of aliphatic hydroxyl groups is 3. The van der Waals surface area contributed by atoms with E-state index in [1.807, 2.05) is 19.1 Å². The molecule has 4 rings (SSSR count). The number of aliphatic hydroxyl groups excluding tert-OH is 1. The van der Waals surface area contributed by atoms with E-state index >= 15 is 0 Å². The van der Waals surface area contributed by atoms with Crippen molar-refractivity contribution in [3.8, 4) is 0 Å². The van der Waals surface area contributed by atoms with E-state index in [4.69, 9.17) is 0 Å². The Bertz CT molecular complexity index is 776. The highest BCUT2D eigenvalue weighted by molar-refractivity contribution is 5.18. The van der Waals surface area contributed by atoms with Gasteiger partial charge in [0.15, 0.2) is 0 Å². The molecule has 0 spiro atoms. The van der Waals surface area contributed by atoms with Crippen LogP contribution in [0.25, 0.3) is 0 Å². The molecule has 9 atom stereocenters. The predicted octanol–water partition coefficient (Wildman–Crippen LogP) is 6.50. The van der Waals surface area contributed by atoms with Crippen LogP contribution in [0.1, 0.15) is 113 Å². The van der Waals surface area contributed by atoms with Crippen LogP contribution >= 0.6 is 0 Å². The molecule has 0 radical (unpaired) electrons. The van der Waals surface area contributed by atoms with Gasteiger partial charge in [-0.2, -0.15) is 0 Å². The molecular weight excluding hydrogens is 408 g/mol. The van der Waals surface area contributed by atoms with E-state index in [-0.39, 0.29) is 16.9 Å². The Kier molecular flexibility index (Phi) is 6.08. The van der Waals surface area contributed by atoms with Crippen molar-refractivity contribution in [2.45, 2.75) is 130 Å². The summed E-state index contributed by atoms with van der Waals surface area (Å²) in [5.74, 6) is 2.18. The summed E-state index contributed by atoms with van der Waals surface area (Å²) in [5.41, 5.74) is -0.695. The summed E-state index contributed by atoms with van der Waals surface area (Å²) in [5, 5.41) is 32.5. The van der Waals surface area contributed by atoms with Gasteiger partial charge >= 0.3 is 0 Å². The fourth-order valence-corrected chi connectivity index (χ4v) is 10.2. The highest BCUT2D eigenvalue weighted by Crippen LogP contribution is 2.75. The highest BCUT2D eigenvalue weighted by Gasteiger charge is 2.69. The molecule has 0 unspecified atom stereocenters. The monoisotopic (exact) mass is 460 g/mol. The van der Waals surface area contributed by atoms with E-state index in [2.05, 4.69) is 34.6 Å². The van der Waals surface area contributed by atoms with Crippen molar-refractivity contribution in [2.24, 2.45) is 45.3 Å². The Hall–Kier alpha value is -0.380. The van der Waals surface area contributed by atoms with Crippen LogP contribution in [-0.4, -0.2) is 32.6 Å². The number of fused-ring (bicyclic) bond motifs is 5. The van der Waals surface area contributed by atoms with Crippen LogP contribution in [0.15, 0.2) is 12.2 Å². The first-order chi connectivity index (χ1) is 15.0. The first kappa shape index (κ1) is 25.7. The van der Waals surface area contributed by atoms with Crippen molar-refractivity contribution >= 4 is 0 Å². The molecule has 4 aliphatic rings. The molecule has 3 nitrogen and oxygen atoms in total. The van der Waals surface area contributed by atoms with Gasteiger partial charge in [0.2, 0.25) is 0 Å². The van der Waals surface area contributed by atoms with Crippen LogP contribution < -0.4 is 0 Å². The fraction of sp³-hybridized carbons (Fsp3) is 0.933. The molecule has 0 bridgehead atoms. The Balaban J connectivity index is 1.61. The zero-order chi connectivity index (χ0) is 24.7. The maximum absolute atomic E-state index is 11.6. The zero-order valence-corrected chi connectivity index (χ0v) is 22.7. The largest absolute Gasteiger partial charge is 0.393 e. The summed E-state index contributed by atoms with van der Waals surface area (Å²) >= 11 is 0. The summed E-state index contributed by atoms with van der Waals surface area (Å²) in [7, 11) is 0. The van der Waals surface area contributed by atoms with Crippen LogP contribution in [0.5, 0.6) is 0 Å². The van der Waals surface area contributed by atoms with Gasteiger partial charge in [-0.3, -0.25) is 0 Å². The molecule has 0 heterocycles. The topological polar surface area (TPSA) is 60.7 Å². The second kappa shape index (κ2) is 7.81.